The van der Waals surface area contributed by atoms with E-state index in [0.29, 0.717) is 11.8 Å². The van der Waals surface area contributed by atoms with Crippen LogP contribution >= 0.6 is 0 Å². The average molecular weight is 193 g/mol. The van der Waals surface area contributed by atoms with Gasteiger partial charge in [-0.3, -0.25) is 0 Å². The summed E-state index contributed by atoms with van der Waals surface area (Å²) in [7, 11) is 0. The van der Waals surface area contributed by atoms with Gasteiger partial charge in [-0.25, -0.2) is 10.2 Å². The molecule has 3 rings (SSSR count). The van der Waals surface area contributed by atoms with Crippen LogP contribution in [-0.4, -0.2) is 11.7 Å². The molecular weight excluding hydrogens is 178 g/mol. The fourth-order valence-electron chi connectivity index (χ4n) is 3.80. The minimum Gasteiger partial charge on any atom is -0.350 e. The predicted octanol–water partition coefficient (Wildman–Crippen LogP) is 1.08. The molecule has 76 valence electrons. The molecule has 0 heterocycles. The molecule has 3 N–H and O–H groups in total. The Morgan fingerprint density at radius 3 is 3.07 bits per heavy atom. The van der Waals surface area contributed by atoms with Gasteiger partial charge in [0.25, 0.3) is 0 Å². The molecular formula is C10H15N3O. The first-order valence-corrected chi connectivity index (χ1v) is 5.38. The Morgan fingerprint density at radius 1 is 1.43 bits per heavy atom. The topological polar surface area (TPSA) is 67.5 Å². The van der Waals surface area contributed by atoms with Crippen molar-refractivity contribution in [1.29, 1.82) is 0 Å². The number of nitrogens with zero attached hydrogens (tertiary/aromatic N) is 1. The Kier molecular flexibility index (Phi) is 1.60. The zero-order valence-corrected chi connectivity index (χ0v) is 8.07. The Bertz CT molecular complexity index is 310. The highest BCUT2D eigenvalue weighted by atomic mass is 16.2. The van der Waals surface area contributed by atoms with E-state index in [1.165, 1.54) is 31.4 Å². The molecule has 0 aromatic heterocycles. The third-order valence-corrected chi connectivity index (χ3v) is 4.21. The summed E-state index contributed by atoms with van der Waals surface area (Å²) in [5.74, 6) is 3.13. The van der Waals surface area contributed by atoms with E-state index in [0.717, 1.165) is 11.8 Å². The molecule has 3 aliphatic rings. The van der Waals surface area contributed by atoms with Crippen LogP contribution in [0.3, 0.4) is 0 Å². The van der Waals surface area contributed by atoms with E-state index < -0.39 is 6.03 Å². The standard InChI is InChI=1S/C10H15N3O/c11-10(14)13-12-9-6-3-5-1-2-7(9)8(5)4-6/h5-8H,1-4H2,(H3,11,13,14)/b12-9+. The number of primary amides is 1. The van der Waals surface area contributed by atoms with Gasteiger partial charge >= 0.3 is 6.03 Å². The Morgan fingerprint density at radius 2 is 2.29 bits per heavy atom. The second kappa shape index (κ2) is 2.72. The van der Waals surface area contributed by atoms with Crippen molar-refractivity contribution in [2.45, 2.75) is 25.7 Å². The van der Waals surface area contributed by atoms with E-state index in [1.807, 2.05) is 0 Å². The van der Waals surface area contributed by atoms with Gasteiger partial charge in [0.05, 0.1) is 0 Å². The smallest absolute Gasteiger partial charge is 0.332 e. The number of amides is 2. The summed E-state index contributed by atoms with van der Waals surface area (Å²) >= 11 is 0. The van der Waals surface area contributed by atoms with E-state index in [1.54, 1.807) is 0 Å². The first-order chi connectivity index (χ1) is 6.75. The molecule has 0 radical (unpaired) electrons. The van der Waals surface area contributed by atoms with Gasteiger partial charge < -0.3 is 5.73 Å². The second-order valence-corrected chi connectivity index (χ2v) is 4.79. The summed E-state index contributed by atoms with van der Waals surface area (Å²) in [6.45, 7) is 0. The van der Waals surface area contributed by atoms with Crippen LogP contribution in [0.15, 0.2) is 5.10 Å². The van der Waals surface area contributed by atoms with Gasteiger partial charge in [-0.2, -0.15) is 5.10 Å². The first kappa shape index (κ1) is 8.26. The van der Waals surface area contributed by atoms with Crippen LogP contribution in [0.4, 0.5) is 4.79 Å². The number of nitrogens with two attached hydrogens (primary N) is 1. The number of carbonyl (C=O) groups excluding carboxylic acids is 1. The molecule has 0 saturated heterocycles. The lowest BCUT2D eigenvalue weighted by Gasteiger charge is -2.19. The van der Waals surface area contributed by atoms with Gasteiger partial charge in [-0.15, -0.1) is 0 Å². The van der Waals surface area contributed by atoms with Gasteiger partial charge in [0.2, 0.25) is 0 Å². The third-order valence-electron chi connectivity index (χ3n) is 4.21. The number of fused-ring (bicyclic) bond motifs is 1. The Balaban J connectivity index is 1.82. The number of urea groups is 1. The number of hydrazone groups is 1. The summed E-state index contributed by atoms with van der Waals surface area (Å²) < 4.78 is 0. The minimum absolute atomic E-state index is 0.546. The van der Waals surface area contributed by atoms with E-state index in [-0.39, 0.29) is 0 Å². The van der Waals surface area contributed by atoms with Crippen LogP contribution in [0, 0.1) is 23.7 Å². The quantitative estimate of drug-likeness (QED) is 0.601. The number of carbonyl (C=O) groups is 1. The van der Waals surface area contributed by atoms with E-state index in [2.05, 4.69) is 10.5 Å². The zero-order chi connectivity index (χ0) is 9.71. The van der Waals surface area contributed by atoms with E-state index in [4.69, 9.17) is 5.73 Å². The zero-order valence-electron chi connectivity index (χ0n) is 8.07. The van der Waals surface area contributed by atoms with Gasteiger partial charge in [0.15, 0.2) is 0 Å². The molecule has 4 atom stereocenters. The molecule has 14 heavy (non-hydrogen) atoms. The molecule has 3 aliphatic carbocycles. The second-order valence-electron chi connectivity index (χ2n) is 4.79. The lowest BCUT2D eigenvalue weighted by atomic mass is 9.87. The van der Waals surface area contributed by atoms with Gasteiger partial charge in [-0.05, 0) is 43.4 Å². The lowest BCUT2D eigenvalue weighted by Crippen LogP contribution is -2.29. The SMILES string of the molecule is NC(=O)N/N=C1\C2CC3CCC1C3C2. The maximum Gasteiger partial charge on any atom is 0.332 e. The maximum atomic E-state index is 10.6. The molecule has 0 aromatic rings. The monoisotopic (exact) mass is 193 g/mol. The number of hydrogen-bond donors (Lipinski definition) is 2. The van der Waals surface area contributed by atoms with Crippen molar-refractivity contribution >= 4 is 11.7 Å². The van der Waals surface area contributed by atoms with Crippen molar-refractivity contribution in [1.82, 2.24) is 5.43 Å². The van der Waals surface area contributed by atoms with Crippen molar-refractivity contribution in [3.05, 3.63) is 0 Å². The fraction of sp³-hybridized carbons (Fsp3) is 0.800. The summed E-state index contributed by atoms with van der Waals surface area (Å²) in [6, 6.07) is -0.546. The van der Waals surface area contributed by atoms with Crippen LogP contribution in [0.5, 0.6) is 0 Å². The number of nitrogens with one attached hydrogen (secondary N) is 1. The van der Waals surface area contributed by atoms with Crippen LogP contribution in [-0.2, 0) is 0 Å². The molecule has 2 bridgehead atoms. The molecule has 3 saturated carbocycles. The molecule has 0 aromatic carbocycles. The van der Waals surface area contributed by atoms with Crippen molar-refractivity contribution < 1.29 is 4.79 Å². The highest BCUT2D eigenvalue weighted by Gasteiger charge is 2.54. The predicted molar refractivity (Wildman–Crippen MR) is 52.6 cm³/mol. The van der Waals surface area contributed by atoms with Crippen LogP contribution < -0.4 is 11.2 Å². The molecule has 4 nitrogen and oxygen atoms in total. The fourth-order valence-corrected chi connectivity index (χ4v) is 3.80. The van der Waals surface area contributed by atoms with Crippen molar-refractivity contribution in [2.24, 2.45) is 34.5 Å². The van der Waals surface area contributed by atoms with Crippen molar-refractivity contribution in [2.75, 3.05) is 0 Å². The summed E-state index contributed by atoms with van der Waals surface area (Å²) in [6.07, 6.45) is 5.22. The molecule has 2 amide bonds. The highest BCUT2D eigenvalue weighted by Crippen LogP contribution is 2.58. The summed E-state index contributed by atoms with van der Waals surface area (Å²) in [5.41, 5.74) is 8.62. The summed E-state index contributed by atoms with van der Waals surface area (Å²) in [4.78, 5) is 10.6. The molecule has 3 fully saturated rings. The van der Waals surface area contributed by atoms with Crippen LogP contribution in [0.1, 0.15) is 25.7 Å². The normalized spacial score (nSPS) is 46.1. The molecule has 0 aliphatic heterocycles. The largest absolute Gasteiger partial charge is 0.350 e. The van der Waals surface area contributed by atoms with Crippen LogP contribution in [0.25, 0.3) is 0 Å². The first-order valence-electron chi connectivity index (χ1n) is 5.38. The highest BCUT2D eigenvalue weighted by molar-refractivity contribution is 5.93. The molecule has 0 spiro atoms. The third kappa shape index (κ3) is 0.996. The van der Waals surface area contributed by atoms with Gasteiger partial charge in [-0.1, -0.05) is 0 Å². The Labute approximate surface area is 82.9 Å². The lowest BCUT2D eigenvalue weighted by molar-refractivity contribution is 0.249. The number of rotatable bonds is 1. The number of hydrogen-bond acceptors (Lipinski definition) is 2. The molecule has 4 heteroatoms. The van der Waals surface area contributed by atoms with Crippen molar-refractivity contribution in [3.63, 3.8) is 0 Å². The van der Waals surface area contributed by atoms with Gasteiger partial charge in [0.1, 0.15) is 0 Å². The summed E-state index contributed by atoms with van der Waals surface area (Å²) in [5, 5.41) is 4.18. The Hall–Kier alpha value is -1.06. The minimum atomic E-state index is -0.546. The van der Waals surface area contributed by atoms with Crippen LogP contribution in [0.2, 0.25) is 0 Å². The van der Waals surface area contributed by atoms with Crippen molar-refractivity contribution in [3.8, 4) is 0 Å². The van der Waals surface area contributed by atoms with E-state index in [9.17, 15) is 4.79 Å². The van der Waals surface area contributed by atoms with Gasteiger partial charge in [0, 0.05) is 11.6 Å². The van der Waals surface area contributed by atoms with E-state index >= 15 is 0 Å². The molecule has 4 unspecified atom stereocenters. The maximum absolute atomic E-state index is 10.6. The average Bonchev–Trinajstić information content (AvgIpc) is 2.70.